The Morgan fingerprint density at radius 2 is 1.92 bits per heavy atom. The van der Waals surface area contributed by atoms with Crippen molar-refractivity contribution in [3.63, 3.8) is 0 Å². The van der Waals surface area contributed by atoms with E-state index in [4.69, 9.17) is 4.74 Å². The molecule has 0 saturated carbocycles. The number of hydrogen-bond donors (Lipinski definition) is 1. The summed E-state index contributed by atoms with van der Waals surface area (Å²) in [7, 11) is 1.74. The highest BCUT2D eigenvalue weighted by atomic mass is 32.1. The molecule has 0 N–H and O–H groups in total. The van der Waals surface area contributed by atoms with Gasteiger partial charge in [-0.3, -0.25) is 0 Å². The van der Waals surface area contributed by atoms with Crippen LogP contribution in [0.2, 0.25) is 0 Å². The largest absolute Gasteiger partial charge is 0.377 e. The van der Waals surface area contributed by atoms with Crippen LogP contribution in [0.1, 0.15) is 25.0 Å². The SMILES string of the molecule is CC[C@H](OC)c1ccc(S)cc1. The number of thiol groups is 1. The van der Waals surface area contributed by atoms with Gasteiger partial charge in [-0.15, -0.1) is 12.6 Å². The van der Waals surface area contributed by atoms with Gasteiger partial charge < -0.3 is 4.74 Å². The van der Waals surface area contributed by atoms with Crippen LogP contribution in [0.5, 0.6) is 0 Å². The normalized spacial score (nSPS) is 12.9. The zero-order valence-corrected chi connectivity index (χ0v) is 8.34. The van der Waals surface area contributed by atoms with Crippen LogP contribution in [0.4, 0.5) is 0 Å². The van der Waals surface area contributed by atoms with Crippen molar-refractivity contribution in [2.24, 2.45) is 0 Å². The Morgan fingerprint density at radius 3 is 2.33 bits per heavy atom. The maximum absolute atomic E-state index is 5.30. The Bertz CT molecular complexity index is 226. The summed E-state index contributed by atoms with van der Waals surface area (Å²) in [6, 6.07) is 8.08. The van der Waals surface area contributed by atoms with E-state index in [9.17, 15) is 0 Å². The second-order valence-corrected chi connectivity index (χ2v) is 3.24. The average molecular weight is 182 g/mol. The molecule has 0 aromatic heterocycles. The summed E-state index contributed by atoms with van der Waals surface area (Å²) in [5, 5.41) is 0. The number of rotatable bonds is 3. The Balaban J connectivity index is 2.80. The molecule has 1 rings (SSSR count). The zero-order valence-electron chi connectivity index (χ0n) is 7.45. The van der Waals surface area contributed by atoms with Gasteiger partial charge in [-0.1, -0.05) is 19.1 Å². The minimum absolute atomic E-state index is 0.221. The molecule has 1 aromatic rings. The van der Waals surface area contributed by atoms with Crippen molar-refractivity contribution in [2.75, 3.05) is 7.11 Å². The topological polar surface area (TPSA) is 9.23 Å². The van der Waals surface area contributed by atoms with Crippen LogP contribution in [0.15, 0.2) is 29.2 Å². The van der Waals surface area contributed by atoms with Gasteiger partial charge in [0, 0.05) is 12.0 Å². The Kier molecular flexibility index (Phi) is 3.63. The highest BCUT2D eigenvalue weighted by Gasteiger charge is 2.05. The van der Waals surface area contributed by atoms with Crippen molar-refractivity contribution < 1.29 is 4.74 Å². The summed E-state index contributed by atoms with van der Waals surface area (Å²) in [6.07, 6.45) is 1.22. The molecule has 0 aliphatic heterocycles. The molecule has 1 aromatic carbocycles. The predicted octanol–water partition coefficient (Wildman–Crippen LogP) is 3.07. The lowest BCUT2D eigenvalue weighted by molar-refractivity contribution is 0.1000. The second kappa shape index (κ2) is 4.53. The lowest BCUT2D eigenvalue weighted by Gasteiger charge is -2.12. The molecule has 0 aliphatic rings. The summed E-state index contributed by atoms with van der Waals surface area (Å²) in [4.78, 5) is 0.990. The minimum Gasteiger partial charge on any atom is -0.377 e. The van der Waals surface area contributed by atoms with Gasteiger partial charge in [-0.05, 0) is 24.1 Å². The molecule has 1 nitrogen and oxygen atoms in total. The third-order valence-corrected chi connectivity index (χ3v) is 2.22. The Hall–Kier alpha value is -0.470. The van der Waals surface area contributed by atoms with Crippen molar-refractivity contribution in [1.82, 2.24) is 0 Å². The quantitative estimate of drug-likeness (QED) is 0.707. The van der Waals surface area contributed by atoms with Crippen LogP contribution >= 0.6 is 12.6 Å². The maximum Gasteiger partial charge on any atom is 0.0818 e. The molecule has 2 heteroatoms. The van der Waals surface area contributed by atoms with Gasteiger partial charge in [0.15, 0.2) is 0 Å². The summed E-state index contributed by atoms with van der Waals surface area (Å²) in [6.45, 7) is 2.11. The summed E-state index contributed by atoms with van der Waals surface area (Å²) in [5.74, 6) is 0. The second-order valence-electron chi connectivity index (χ2n) is 2.72. The first-order chi connectivity index (χ1) is 5.77. The highest BCUT2D eigenvalue weighted by molar-refractivity contribution is 7.80. The van der Waals surface area contributed by atoms with E-state index in [0.29, 0.717) is 0 Å². The van der Waals surface area contributed by atoms with Crippen molar-refractivity contribution in [1.29, 1.82) is 0 Å². The van der Waals surface area contributed by atoms with Gasteiger partial charge in [-0.25, -0.2) is 0 Å². The van der Waals surface area contributed by atoms with Crippen molar-refractivity contribution in [3.05, 3.63) is 29.8 Å². The van der Waals surface area contributed by atoms with E-state index in [0.717, 1.165) is 11.3 Å². The molecule has 0 spiro atoms. The van der Waals surface area contributed by atoms with Gasteiger partial charge in [0.2, 0.25) is 0 Å². The molecule has 0 aliphatic carbocycles. The summed E-state index contributed by atoms with van der Waals surface area (Å²) in [5.41, 5.74) is 1.22. The third-order valence-electron chi connectivity index (χ3n) is 1.92. The van der Waals surface area contributed by atoms with Gasteiger partial charge in [-0.2, -0.15) is 0 Å². The molecular formula is C10H14OS. The van der Waals surface area contributed by atoms with Gasteiger partial charge in [0.1, 0.15) is 0 Å². The maximum atomic E-state index is 5.30. The lowest BCUT2D eigenvalue weighted by Crippen LogP contribution is -1.98. The van der Waals surface area contributed by atoms with Crippen molar-refractivity contribution >= 4 is 12.6 Å². The lowest BCUT2D eigenvalue weighted by atomic mass is 10.1. The minimum atomic E-state index is 0.221. The fourth-order valence-corrected chi connectivity index (χ4v) is 1.38. The van der Waals surface area contributed by atoms with Crippen LogP contribution in [-0.4, -0.2) is 7.11 Å². The molecule has 0 amide bonds. The fourth-order valence-electron chi connectivity index (χ4n) is 1.23. The molecule has 12 heavy (non-hydrogen) atoms. The van der Waals surface area contributed by atoms with Gasteiger partial charge >= 0.3 is 0 Å². The first kappa shape index (κ1) is 9.62. The van der Waals surface area contributed by atoms with E-state index in [2.05, 4.69) is 31.7 Å². The van der Waals surface area contributed by atoms with Crippen LogP contribution in [0, 0.1) is 0 Å². The molecule has 66 valence electrons. The Labute approximate surface area is 79.2 Å². The van der Waals surface area contributed by atoms with Crippen molar-refractivity contribution in [2.45, 2.75) is 24.3 Å². The van der Waals surface area contributed by atoms with Gasteiger partial charge in [0.05, 0.1) is 6.10 Å². The molecule has 0 fully saturated rings. The molecular weight excluding hydrogens is 168 g/mol. The smallest absolute Gasteiger partial charge is 0.0818 e. The molecule has 0 saturated heterocycles. The van der Waals surface area contributed by atoms with Crippen LogP contribution in [-0.2, 0) is 4.74 Å². The van der Waals surface area contributed by atoms with E-state index in [1.54, 1.807) is 7.11 Å². The van der Waals surface area contributed by atoms with E-state index < -0.39 is 0 Å². The summed E-state index contributed by atoms with van der Waals surface area (Å²) < 4.78 is 5.30. The van der Waals surface area contributed by atoms with Crippen LogP contribution < -0.4 is 0 Å². The molecule has 1 atom stereocenters. The standard InChI is InChI=1S/C10H14OS/c1-3-10(11-2)8-4-6-9(12)7-5-8/h4-7,10,12H,3H2,1-2H3/t10-/m0/s1. The first-order valence-corrected chi connectivity index (χ1v) is 4.54. The van der Waals surface area contributed by atoms with Crippen LogP contribution in [0.3, 0.4) is 0 Å². The fraction of sp³-hybridized carbons (Fsp3) is 0.400. The monoisotopic (exact) mass is 182 g/mol. The zero-order chi connectivity index (χ0) is 8.97. The third kappa shape index (κ3) is 2.26. The predicted molar refractivity (Wildman–Crippen MR) is 53.7 cm³/mol. The number of hydrogen-bond acceptors (Lipinski definition) is 2. The number of benzene rings is 1. The van der Waals surface area contributed by atoms with E-state index >= 15 is 0 Å². The van der Waals surface area contributed by atoms with Crippen LogP contribution in [0.25, 0.3) is 0 Å². The molecule has 0 bridgehead atoms. The summed E-state index contributed by atoms with van der Waals surface area (Å²) >= 11 is 4.22. The highest BCUT2D eigenvalue weighted by Crippen LogP contribution is 2.20. The molecule has 0 radical (unpaired) electrons. The van der Waals surface area contributed by atoms with E-state index in [1.807, 2.05) is 12.1 Å². The van der Waals surface area contributed by atoms with Gasteiger partial charge in [0.25, 0.3) is 0 Å². The van der Waals surface area contributed by atoms with E-state index in [-0.39, 0.29) is 6.10 Å². The first-order valence-electron chi connectivity index (χ1n) is 4.09. The number of methoxy groups -OCH3 is 1. The average Bonchev–Trinajstić information content (AvgIpc) is 2.10. The Morgan fingerprint density at radius 1 is 1.33 bits per heavy atom. The molecule has 0 unspecified atom stereocenters. The molecule has 0 heterocycles. The van der Waals surface area contributed by atoms with Crippen molar-refractivity contribution in [3.8, 4) is 0 Å². The number of ether oxygens (including phenoxy) is 1. The van der Waals surface area contributed by atoms with E-state index in [1.165, 1.54) is 5.56 Å².